The van der Waals surface area contributed by atoms with Gasteiger partial charge < -0.3 is 35.0 Å². The number of esters is 2. The number of rotatable bonds is 7. The molecule has 192 valence electrons. The molecule has 0 aliphatic carbocycles. The van der Waals surface area contributed by atoms with Gasteiger partial charge in [0, 0.05) is 12.3 Å². The average molecular weight is 504 g/mol. The van der Waals surface area contributed by atoms with Gasteiger partial charge in [-0.2, -0.15) is 4.98 Å². The van der Waals surface area contributed by atoms with Gasteiger partial charge >= 0.3 is 23.6 Å². The first-order valence-electron chi connectivity index (χ1n) is 11.0. The molecule has 2 aromatic rings. The second-order valence-corrected chi connectivity index (χ2v) is 8.06. The lowest BCUT2D eigenvalue weighted by atomic mass is 10.0. The van der Waals surface area contributed by atoms with Gasteiger partial charge in [-0.3, -0.25) is 4.57 Å². The number of nitrogens with one attached hydrogen (secondary N) is 1. The number of nitrogens with zero attached hydrogens (tertiary/aromatic N) is 2. The lowest BCUT2D eigenvalue weighted by molar-refractivity contribution is -0.145. The molecule has 14 heteroatoms. The molecule has 2 aliphatic heterocycles. The number of hydrogen-bond acceptors (Lipinski definition) is 13. The van der Waals surface area contributed by atoms with Crippen molar-refractivity contribution in [1.29, 1.82) is 0 Å². The average Bonchev–Trinajstić information content (AvgIpc) is 3.21. The molecule has 1 unspecified atom stereocenters. The molecule has 6 atom stereocenters. The lowest BCUT2D eigenvalue weighted by Gasteiger charge is -2.27. The highest BCUT2D eigenvalue weighted by atomic mass is 16.7. The van der Waals surface area contributed by atoms with E-state index in [1.54, 1.807) is 19.1 Å². The summed E-state index contributed by atoms with van der Waals surface area (Å²) in [6.45, 7) is 1.04. The van der Waals surface area contributed by atoms with Gasteiger partial charge in [-0.15, -0.1) is 0 Å². The fourth-order valence-corrected chi connectivity index (χ4v) is 3.80. The Bertz CT molecular complexity index is 1220. The van der Waals surface area contributed by atoms with E-state index in [1.165, 1.54) is 24.4 Å². The number of aromatic nitrogens is 2. The maximum Gasteiger partial charge on any atom is 0.351 e. The molecule has 0 radical (unpaired) electrons. The van der Waals surface area contributed by atoms with Gasteiger partial charge in [0.05, 0.1) is 23.8 Å². The van der Waals surface area contributed by atoms with Gasteiger partial charge in [-0.25, -0.2) is 24.7 Å². The zero-order valence-electron chi connectivity index (χ0n) is 19.0. The predicted octanol–water partition coefficient (Wildman–Crippen LogP) is -1.13. The third-order valence-electron chi connectivity index (χ3n) is 5.78. The van der Waals surface area contributed by atoms with Gasteiger partial charge in [0.2, 0.25) is 0 Å². The number of anilines is 1. The summed E-state index contributed by atoms with van der Waals surface area (Å²) >= 11 is 0. The quantitative estimate of drug-likeness (QED) is 0.200. The van der Waals surface area contributed by atoms with E-state index in [0.29, 0.717) is 0 Å². The first-order chi connectivity index (χ1) is 17.2. The van der Waals surface area contributed by atoms with Crippen molar-refractivity contribution in [3.8, 4) is 0 Å². The standard InChI is InChI=1S/C22H24N4O10/c1-2-12(28)15(23)21(31)36-25-14-7-8-26(22(32)24-14)18-17-16(13(9-27)33-18)34-19(29)10-5-3-4-6-11(10)20(30)35-17/h3-8,12-13,15-18,27-28H,2,9,23H2,1H3,(H,24,25,32)/t12?,13-,15-,16-,17-,18-/m1/s1. The number of carbonyl (C=O) groups excluding carboxylic acids is 3. The number of ether oxygens (including phenoxy) is 3. The summed E-state index contributed by atoms with van der Waals surface area (Å²) in [6.07, 6.45) is -4.54. The van der Waals surface area contributed by atoms with Crippen LogP contribution in [-0.4, -0.2) is 74.7 Å². The second kappa shape index (κ2) is 10.4. The Hall–Kier alpha value is -3.85. The van der Waals surface area contributed by atoms with E-state index in [1.807, 2.05) is 0 Å². The largest absolute Gasteiger partial charge is 0.452 e. The molecule has 2 aliphatic rings. The van der Waals surface area contributed by atoms with Crippen molar-refractivity contribution in [3.63, 3.8) is 0 Å². The first kappa shape index (κ1) is 25.2. The first-order valence-corrected chi connectivity index (χ1v) is 11.0. The molecule has 0 spiro atoms. The zero-order valence-corrected chi connectivity index (χ0v) is 19.0. The molecule has 0 bridgehead atoms. The number of fused-ring (bicyclic) bond motifs is 2. The van der Waals surface area contributed by atoms with Crippen LogP contribution in [0.4, 0.5) is 5.82 Å². The van der Waals surface area contributed by atoms with E-state index in [9.17, 15) is 29.4 Å². The summed E-state index contributed by atoms with van der Waals surface area (Å²) < 4.78 is 17.7. The highest BCUT2D eigenvalue weighted by molar-refractivity contribution is 6.03. The van der Waals surface area contributed by atoms with Crippen LogP contribution in [0.15, 0.2) is 41.3 Å². The van der Waals surface area contributed by atoms with Crippen LogP contribution < -0.4 is 16.9 Å². The summed E-state index contributed by atoms with van der Waals surface area (Å²) in [5.41, 5.74) is 6.82. The summed E-state index contributed by atoms with van der Waals surface area (Å²) in [5.74, 6) is -2.77. The van der Waals surface area contributed by atoms with Gasteiger partial charge in [0.1, 0.15) is 12.1 Å². The Balaban J connectivity index is 1.56. The highest BCUT2D eigenvalue weighted by Gasteiger charge is 2.52. The summed E-state index contributed by atoms with van der Waals surface area (Å²) in [7, 11) is 0. The minimum atomic E-state index is -1.30. The maximum atomic E-state index is 12.8. The smallest absolute Gasteiger partial charge is 0.351 e. The number of aliphatic hydroxyl groups is 2. The molecule has 1 aromatic carbocycles. The van der Waals surface area contributed by atoms with Gasteiger partial charge in [0.15, 0.2) is 24.3 Å². The minimum Gasteiger partial charge on any atom is -0.452 e. The molecule has 5 N–H and O–H groups in total. The number of carbonyl (C=O) groups is 3. The second-order valence-electron chi connectivity index (χ2n) is 8.06. The van der Waals surface area contributed by atoms with E-state index < -0.39 is 66.9 Å². The van der Waals surface area contributed by atoms with Crippen molar-refractivity contribution in [1.82, 2.24) is 9.55 Å². The Labute approximate surface area is 203 Å². The summed E-state index contributed by atoms with van der Waals surface area (Å²) in [5, 5.41) is 19.4. The summed E-state index contributed by atoms with van der Waals surface area (Å²) in [4.78, 5) is 58.6. The molecule has 1 saturated heterocycles. The zero-order chi connectivity index (χ0) is 26.0. The molecule has 36 heavy (non-hydrogen) atoms. The van der Waals surface area contributed by atoms with Crippen molar-refractivity contribution in [2.45, 2.75) is 50.0 Å². The predicted molar refractivity (Wildman–Crippen MR) is 118 cm³/mol. The van der Waals surface area contributed by atoms with Crippen LogP contribution in [0.1, 0.15) is 40.3 Å². The molecule has 0 saturated carbocycles. The van der Waals surface area contributed by atoms with Crippen molar-refractivity contribution in [2.24, 2.45) is 5.73 Å². The topological polar surface area (TPSA) is 202 Å². The van der Waals surface area contributed by atoms with Crippen LogP contribution in [0.25, 0.3) is 0 Å². The Morgan fingerprint density at radius 2 is 1.81 bits per heavy atom. The van der Waals surface area contributed by atoms with E-state index in [2.05, 4.69) is 10.5 Å². The maximum absolute atomic E-state index is 12.8. The molecule has 4 rings (SSSR count). The fraction of sp³-hybridized carbons (Fsp3) is 0.409. The van der Waals surface area contributed by atoms with Gasteiger partial charge in [0.25, 0.3) is 0 Å². The van der Waals surface area contributed by atoms with Crippen LogP contribution >= 0.6 is 0 Å². The van der Waals surface area contributed by atoms with Crippen LogP contribution in [0, 0.1) is 0 Å². The monoisotopic (exact) mass is 504 g/mol. The SMILES string of the molecule is CCC(O)[C@@H](N)C(=O)ONc1ccn([C@@H]2O[C@H](CO)[C@H]3OC(=O)c4ccccc4C(=O)O[C@H]32)c(=O)n1. The van der Waals surface area contributed by atoms with Crippen molar-refractivity contribution >= 4 is 23.7 Å². The van der Waals surface area contributed by atoms with E-state index >= 15 is 0 Å². The molecule has 1 aromatic heterocycles. The minimum absolute atomic E-state index is 0.00364. The molecule has 0 amide bonds. The highest BCUT2D eigenvalue weighted by Crippen LogP contribution is 2.35. The Kier molecular flexibility index (Phi) is 7.30. The lowest BCUT2D eigenvalue weighted by Crippen LogP contribution is -2.44. The molecule has 1 fully saturated rings. The van der Waals surface area contributed by atoms with Crippen LogP contribution in [0.2, 0.25) is 0 Å². The van der Waals surface area contributed by atoms with Crippen molar-refractivity contribution in [2.75, 3.05) is 12.1 Å². The van der Waals surface area contributed by atoms with E-state index in [-0.39, 0.29) is 23.4 Å². The number of hydrogen-bond donors (Lipinski definition) is 4. The van der Waals surface area contributed by atoms with Crippen molar-refractivity contribution < 1.29 is 43.6 Å². The third-order valence-corrected chi connectivity index (χ3v) is 5.78. The van der Waals surface area contributed by atoms with E-state index in [4.69, 9.17) is 24.8 Å². The van der Waals surface area contributed by atoms with Crippen LogP contribution in [-0.2, 0) is 23.8 Å². The number of benzene rings is 1. The Morgan fingerprint density at radius 3 is 2.39 bits per heavy atom. The molecule has 14 nitrogen and oxygen atoms in total. The normalized spacial score (nSPS) is 24.8. The molecular weight excluding hydrogens is 480 g/mol. The Morgan fingerprint density at radius 1 is 1.17 bits per heavy atom. The fourth-order valence-electron chi connectivity index (χ4n) is 3.80. The summed E-state index contributed by atoms with van der Waals surface area (Å²) in [6, 6.07) is 5.87. The third kappa shape index (κ3) is 4.79. The van der Waals surface area contributed by atoms with Crippen LogP contribution in [0.3, 0.4) is 0 Å². The van der Waals surface area contributed by atoms with E-state index in [0.717, 1.165) is 4.57 Å². The van der Waals surface area contributed by atoms with Crippen molar-refractivity contribution in [3.05, 3.63) is 58.1 Å². The van der Waals surface area contributed by atoms with Gasteiger partial charge in [-0.05, 0) is 18.6 Å². The number of nitrogens with two attached hydrogens (primary N) is 1. The van der Waals surface area contributed by atoms with Crippen LogP contribution in [0.5, 0.6) is 0 Å². The molecular formula is C22H24N4O10. The molecule has 3 heterocycles. The van der Waals surface area contributed by atoms with Gasteiger partial charge in [-0.1, -0.05) is 19.1 Å². The number of aliphatic hydroxyl groups excluding tert-OH is 2.